The number of anilines is 1. The lowest BCUT2D eigenvalue weighted by Crippen LogP contribution is -2.28. The van der Waals surface area contributed by atoms with E-state index in [2.05, 4.69) is 80.0 Å². The Morgan fingerprint density at radius 2 is 1.73 bits per heavy atom. The van der Waals surface area contributed by atoms with Crippen molar-refractivity contribution in [1.29, 1.82) is 0 Å². The Labute approximate surface area is 160 Å². The van der Waals surface area contributed by atoms with Crippen molar-refractivity contribution < 1.29 is 0 Å². The molecule has 0 aliphatic carbocycles. The van der Waals surface area contributed by atoms with Gasteiger partial charge in [0.1, 0.15) is 0 Å². The molecule has 0 saturated carbocycles. The summed E-state index contributed by atoms with van der Waals surface area (Å²) in [6.45, 7) is 11.7. The highest BCUT2D eigenvalue weighted by molar-refractivity contribution is 7.97. The topological polar surface area (TPSA) is 37.0 Å². The maximum atomic E-state index is 4.45. The molecule has 1 aromatic heterocycles. The lowest BCUT2D eigenvalue weighted by atomic mass is 10.1. The standard InChI is InChI=1S/C22H27N3S/c1-14-11-16(3)22(17(4)12-14)26-25-18(5)13-24-21-15(2)8-9-20-19(21)7-6-10-23-20/h6-12,18,24-25H,13H2,1-5H3. The van der Waals surface area contributed by atoms with E-state index in [0.717, 1.165) is 12.1 Å². The van der Waals surface area contributed by atoms with Crippen molar-refractivity contribution in [3.8, 4) is 0 Å². The number of pyridine rings is 1. The van der Waals surface area contributed by atoms with Crippen molar-refractivity contribution in [2.45, 2.75) is 45.6 Å². The minimum absolute atomic E-state index is 0.325. The van der Waals surface area contributed by atoms with Gasteiger partial charge in [0, 0.05) is 34.8 Å². The molecule has 1 heterocycles. The minimum atomic E-state index is 0.325. The molecule has 1 atom stereocenters. The van der Waals surface area contributed by atoms with Crippen LogP contribution >= 0.6 is 11.9 Å². The molecule has 2 N–H and O–H groups in total. The zero-order valence-corrected chi connectivity index (χ0v) is 17.0. The first-order valence-corrected chi connectivity index (χ1v) is 9.86. The molecular formula is C22H27N3S. The van der Waals surface area contributed by atoms with Crippen molar-refractivity contribution >= 4 is 28.5 Å². The fourth-order valence-corrected chi connectivity index (χ4v) is 4.12. The maximum Gasteiger partial charge on any atom is 0.0722 e. The predicted molar refractivity (Wildman–Crippen MR) is 114 cm³/mol. The second-order valence-electron chi connectivity index (χ2n) is 7.06. The smallest absolute Gasteiger partial charge is 0.0722 e. The lowest BCUT2D eigenvalue weighted by molar-refractivity contribution is 0.726. The molecule has 3 aromatic rings. The summed E-state index contributed by atoms with van der Waals surface area (Å²) >= 11 is 1.73. The second-order valence-corrected chi connectivity index (χ2v) is 7.91. The zero-order valence-electron chi connectivity index (χ0n) is 16.2. The van der Waals surface area contributed by atoms with Gasteiger partial charge in [0.05, 0.1) is 5.52 Å². The number of nitrogens with zero attached hydrogens (tertiary/aromatic N) is 1. The fraction of sp³-hybridized carbons (Fsp3) is 0.318. The van der Waals surface area contributed by atoms with Crippen LogP contribution in [0.2, 0.25) is 0 Å². The van der Waals surface area contributed by atoms with Gasteiger partial charge in [0.25, 0.3) is 0 Å². The average molecular weight is 366 g/mol. The van der Waals surface area contributed by atoms with Gasteiger partial charge in [0.15, 0.2) is 0 Å². The molecule has 0 aliphatic heterocycles. The van der Waals surface area contributed by atoms with Gasteiger partial charge in [-0.3, -0.25) is 9.71 Å². The average Bonchev–Trinajstić information content (AvgIpc) is 2.60. The third-order valence-corrected chi connectivity index (χ3v) is 5.91. The van der Waals surface area contributed by atoms with Crippen LogP contribution in [0.15, 0.2) is 47.5 Å². The van der Waals surface area contributed by atoms with Gasteiger partial charge in [-0.1, -0.05) is 23.8 Å². The number of aromatic nitrogens is 1. The van der Waals surface area contributed by atoms with Gasteiger partial charge in [0.2, 0.25) is 0 Å². The number of hydrogen-bond donors (Lipinski definition) is 2. The molecule has 136 valence electrons. The molecule has 0 spiro atoms. The number of rotatable bonds is 6. The summed E-state index contributed by atoms with van der Waals surface area (Å²) in [6, 6.07) is 13.1. The van der Waals surface area contributed by atoms with Crippen LogP contribution in [0.1, 0.15) is 29.2 Å². The van der Waals surface area contributed by atoms with E-state index in [-0.39, 0.29) is 0 Å². The molecule has 26 heavy (non-hydrogen) atoms. The normalized spacial score (nSPS) is 12.3. The monoisotopic (exact) mass is 365 g/mol. The molecule has 4 heteroatoms. The summed E-state index contributed by atoms with van der Waals surface area (Å²) in [5.74, 6) is 0. The molecular weight excluding hydrogens is 338 g/mol. The van der Waals surface area contributed by atoms with Gasteiger partial charge < -0.3 is 5.32 Å². The lowest BCUT2D eigenvalue weighted by Gasteiger charge is -2.19. The van der Waals surface area contributed by atoms with E-state index in [1.807, 2.05) is 12.3 Å². The number of hydrogen-bond acceptors (Lipinski definition) is 4. The van der Waals surface area contributed by atoms with E-state index >= 15 is 0 Å². The summed E-state index contributed by atoms with van der Waals surface area (Å²) in [5, 5.41) is 4.79. The molecule has 0 bridgehead atoms. The van der Waals surface area contributed by atoms with Crippen LogP contribution in [-0.2, 0) is 0 Å². The van der Waals surface area contributed by atoms with Crippen LogP contribution in [0.3, 0.4) is 0 Å². The van der Waals surface area contributed by atoms with E-state index in [4.69, 9.17) is 0 Å². The van der Waals surface area contributed by atoms with Crippen molar-refractivity contribution in [1.82, 2.24) is 9.71 Å². The van der Waals surface area contributed by atoms with Crippen LogP contribution in [-0.4, -0.2) is 17.6 Å². The van der Waals surface area contributed by atoms with E-state index in [1.165, 1.54) is 38.2 Å². The summed E-state index contributed by atoms with van der Waals surface area (Å²) in [6.07, 6.45) is 1.84. The largest absolute Gasteiger partial charge is 0.383 e. The van der Waals surface area contributed by atoms with Crippen LogP contribution in [0.4, 0.5) is 5.69 Å². The third-order valence-electron chi connectivity index (χ3n) is 4.55. The predicted octanol–water partition coefficient (Wildman–Crippen LogP) is 5.57. The highest BCUT2D eigenvalue weighted by Crippen LogP contribution is 2.27. The molecule has 3 rings (SSSR count). The fourth-order valence-electron chi connectivity index (χ4n) is 3.28. The van der Waals surface area contributed by atoms with E-state index < -0.39 is 0 Å². The van der Waals surface area contributed by atoms with E-state index in [1.54, 1.807) is 11.9 Å². The first-order valence-electron chi connectivity index (χ1n) is 9.04. The Morgan fingerprint density at radius 1 is 1.00 bits per heavy atom. The van der Waals surface area contributed by atoms with Gasteiger partial charge in [-0.15, -0.1) is 0 Å². The van der Waals surface area contributed by atoms with Gasteiger partial charge in [-0.05, 0) is 81.5 Å². The summed E-state index contributed by atoms with van der Waals surface area (Å²) in [5.41, 5.74) is 7.43. The molecule has 2 aromatic carbocycles. The van der Waals surface area contributed by atoms with Crippen LogP contribution in [0.5, 0.6) is 0 Å². The third kappa shape index (κ3) is 4.19. The Bertz CT molecular complexity index is 897. The van der Waals surface area contributed by atoms with E-state index in [0.29, 0.717) is 6.04 Å². The minimum Gasteiger partial charge on any atom is -0.383 e. The Morgan fingerprint density at radius 3 is 2.46 bits per heavy atom. The van der Waals surface area contributed by atoms with E-state index in [9.17, 15) is 0 Å². The number of aryl methyl sites for hydroxylation is 4. The van der Waals surface area contributed by atoms with Gasteiger partial charge in [-0.25, -0.2) is 0 Å². The quantitative estimate of drug-likeness (QED) is 0.560. The maximum absolute atomic E-state index is 4.45. The zero-order chi connectivity index (χ0) is 18.7. The number of fused-ring (bicyclic) bond motifs is 1. The molecule has 0 radical (unpaired) electrons. The molecule has 0 fully saturated rings. The molecule has 1 unspecified atom stereocenters. The van der Waals surface area contributed by atoms with Crippen molar-refractivity contribution in [3.05, 3.63) is 64.8 Å². The Balaban J connectivity index is 1.65. The summed E-state index contributed by atoms with van der Waals surface area (Å²) in [7, 11) is 0. The molecule has 0 amide bonds. The first-order chi connectivity index (χ1) is 12.5. The number of nitrogens with one attached hydrogen (secondary N) is 2. The van der Waals surface area contributed by atoms with Crippen molar-refractivity contribution in [2.24, 2.45) is 0 Å². The number of benzene rings is 2. The van der Waals surface area contributed by atoms with Crippen LogP contribution < -0.4 is 10.0 Å². The molecule has 0 saturated heterocycles. The Kier molecular flexibility index (Phi) is 5.84. The summed E-state index contributed by atoms with van der Waals surface area (Å²) in [4.78, 5) is 5.78. The second kappa shape index (κ2) is 8.11. The highest BCUT2D eigenvalue weighted by Gasteiger charge is 2.10. The highest BCUT2D eigenvalue weighted by atomic mass is 32.2. The SMILES string of the molecule is Cc1cc(C)c(SNC(C)CNc2c(C)ccc3ncccc23)c(C)c1. The first kappa shape index (κ1) is 18.7. The van der Waals surface area contributed by atoms with Gasteiger partial charge >= 0.3 is 0 Å². The molecule has 0 aliphatic rings. The van der Waals surface area contributed by atoms with Crippen molar-refractivity contribution in [3.63, 3.8) is 0 Å². The molecule has 3 nitrogen and oxygen atoms in total. The summed E-state index contributed by atoms with van der Waals surface area (Å²) < 4.78 is 3.58. The van der Waals surface area contributed by atoms with Crippen LogP contribution in [0, 0.1) is 27.7 Å². The van der Waals surface area contributed by atoms with Crippen LogP contribution in [0.25, 0.3) is 10.9 Å². The van der Waals surface area contributed by atoms with Gasteiger partial charge in [-0.2, -0.15) is 0 Å². The van der Waals surface area contributed by atoms with Crippen molar-refractivity contribution in [2.75, 3.05) is 11.9 Å². The Hall–Kier alpha value is -2.04.